The molecule has 0 aromatic carbocycles. The third kappa shape index (κ3) is 4.19. The molecule has 0 unspecified atom stereocenters. The van der Waals surface area contributed by atoms with E-state index < -0.39 is 0 Å². The molecule has 16 heavy (non-hydrogen) atoms. The number of aromatic nitrogens is 1. The van der Waals surface area contributed by atoms with Crippen LogP contribution in [-0.4, -0.2) is 17.4 Å². The molecule has 0 atom stereocenters. The van der Waals surface area contributed by atoms with E-state index in [1.165, 1.54) is 6.20 Å². The van der Waals surface area contributed by atoms with Crippen molar-refractivity contribution in [2.45, 2.75) is 27.2 Å². The highest BCUT2D eigenvalue weighted by atomic mass is 35.5. The van der Waals surface area contributed by atoms with E-state index in [-0.39, 0.29) is 11.3 Å². The fourth-order valence-corrected chi connectivity index (χ4v) is 1.41. The molecule has 0 fully saturated rings. The van der Waals surface area contributed by atoms with E-state index in [0.717, 1.165) is 6.42 Å². The Balaban J connectivity index is 2.51. The number of pyridine rings is 1. The number of rotatable bonds is 3. The van der Waals surface area contributed by atoms with E-state index in [0.29, 0.717) is 17.1 Å². The zero-order valence-electron chi connectivity index (χ0n) is 9.88. The van der Waals surface area contributed by atoms with Gasteiger partial charge in [-0.3, -0.25) is 9.78 Å². The van der Waals surface area contributed by atoms with Gasteiger partial charge in [0.05, 0.1) is 10.6 Å². The number of nitrogens with zero attached hydrogens (tertiary/aromatic N) is 1. The Morgan fingerprint density at radius 3 is 2.75 bits per heavy atom. The molecule has 0 bridgehead atoms. The Morgan fingerprint density at radius 1 is 1.50 bits per heavy atom. The lowest BCUT2D eigenvalue weighted by molar-refractivity contribution is 0.0949. The van der Waals surface area contributed by atoms with Crippen LogP contribution < -0.4 is 5.32 Å². The molecule has 0 aliphatic carbocycles. The number of amides is 1. The first-order valence-corrected chi connectivity index (χ1v) is 5.66. The van der Waals surface area contributed by atoms with Crippen molar-refractivity contribution < 1.29 is 4.79 Å². The fourth-order valence-electron chi connectivity index (χ4n) is 1.21. The molecule has 0 aliphatic heterocycles. The summed E-state index contributed by atoms with van der Waals surface area (Å²) in [5, 5.41) is 3.23. The molecule has 0 radical (unpaired) electrons. The van der Waals surface area contributed by atoms with E-state index in [9.17, 15) is 4.79 Å². The normalized spacial score (nSPS) is 11.2. The van der Waals surface area contributed by atoms with Crippen LogP contribution in [-0.2, 0) is 0 Å². The molecule has 0 saturated carbocycles. The standard InChI is InChI=1S/C12H17ClN2O/c1-12(2,3)5-7-15-11(16)9-4-6-14-8-10(9)13/h4,6,8H,5,7H2,1-3H3,(H,15,16). The lowest BCUT2D eigenvalue weighted by Gasteiger charge is -2.18. The maximum absolute atomic E-state index is 11.7. The molecule has 1 N–H and O–H groups in total. The predicted octanol–water partition coefficient (Wildman–Crippen LogP) is 2.90. The minimum Gasteiger partial charge on any atom is -0.352 e. The number of carbonyl (C=O) groups excluding carboxylic acids is 1. The smallest absolute Gasteiger partial charge is 0.252 e. The van der Waals surface area contributed by atoms with E-state index in [4.69, 9.17) is 11.6 Å². The van der Waals surface area contributed by atoms with E-state index >= 15 is 0 Å². The lowest BCUT2D eigenvalue weighted by Crippen LogP contribution is -2.27. The highest BCUT2D eigenvalue weighted by Gasteiger charge is 2.12. The summed E-state index contributed by atoms with van der Waals surface area (Å²) in [5.74, 6) is -0.142. The summed E-state index contributed by atoms with van der Waals surface area (Å²) in [5.41, 5.74) is 0.695. The van der Waals surface area contributed by atoms with Crippen molar-refractivity contribution >= 4 is 17.5 Å². The van der Waals surface area contributed by atoms with Crippen molar-refractivity contribution in [2.75, 3.05) is 6.54 Å². The molecule has 88 valence electrons. The van der Waals surface area contributed by atoms with E-state index in [1.807, 2.05) is 0 Å². The zero-order chi connectivity index (χ0) is 12.2. The zero-order valence-corrected chi connectivity index (χ0v) is 10.6. The molecule has 1 rings (SSSR count). The molecule has 1 amide bonds. The van der Waals surface area contributed by atoms with Crippen LogP contribution in [0.5, 0.6) is 0 Å². The second-order valence-electron chi connectivity index (χ2n) is 4.92. The first-order valence-electron chi connectivity index (χ1n) is 5.28. The van der Waals surface area contributed by atoms with E-state index in [2.05, 4.69) is 31.1 Å². The van der Waals surface area contributed by atoms with Crippen molar-refractivity contribution in [1.82, 2.24) is 10.3 Å². The van der Waals surface area contributed by atoms with Gasteiger partial charge >= 0.3 is 0 Å². The van der Waals surface area contributed by atoms with Crippen LogP contribution in [0, 0.1) is 5.41 Å². The minimum atomic E-state index is -0.142. The Labute approximate surface area is 101 Å². The topological polar surface area (TPSA) is 42.0 Å². The second-order valence-corrected chi connectivity index (χ2v) is 5.33. The van der Waals surface area contributed by atoms with Crippen LogP contribution in [0.1, 0.15) is 37.6 Å². The summed E-state index contributed by atoms with van der Waals surface area (Å²) >= 11 is 5.86. The summed E-state index contributed by atoms with van der Waals surface area (Å²) in [6, 6.07) is 1.62. The molecule has 0 aliphatic rings. The first-order chi connectivity index (χ1) is 7.40. The summed E-state index contributed by atoms with van der Waals surface area (Å²) in [7, 11) is 0. The lowest BCUT2D eigenvalue weighted by atomic mass is 9.92. The molecule has 4 heteroatoms. The van der Waals surface area contributed by atoms with Crippen LogP contribution in [0.3, 0.4) is 0 Å². The van der Waals surface area contributed by atoms with Crippen LogP contribution in [0.15, 0.2) is 18.5 Å². The Hall–Kier alpha value is -1.09. The monoisotopic (exact) mass is 240 g/mol. The van der Waals surface area contributed by atoms with Gasteiger partial charge in [-0.2, -0.15) is 0 Å². The molecule has 3 nitrogen and oxygen atoms in total. The fraction of sp³-hybridized carbons (Fsp3) is 0.500. The van der Waals surface area contributed by atoms with Crippen molar-refractivity contribution in [3.63, 3.8) is 0 Å². The molecular formula is C12H17ClN2O. The largest absolute Gasteiger partial charge is 0.352 e. The minimum absolute atomic E-state index is 0.142. The maximum atomic E-state index is 11.7. The third-order valence-corrected chi connectivity index (χ3v) is 2.48. The second kappa shape index (κ2) is 5.30. The summed E-state index contributed by atoms with van der Waals surface area (Å²) in [4.78, 5) is 15.6. The average Bonchev–Trinajstić information content (AvgIpc) is 2.16. The molecule has 0 spiro atoms. The highest BCUT2D eigenvalue weighted by molar-refractivity contribution is 6.33. The van der Waals surface area contributed by atoms with Crippen LogP contribution in [0.2, 0.25) is 5.02 Å². The summed E-state index contributed by atoms with van der Waals surface area (Å²) in [6.07, 6.45) is 3.96. The quantitative estimate of drug-likeness (QED) is 0.883. The number of nitrogens with one attached hydrogen (secondary N) is 1. The molecular weight excluding hydrogens is 224 g/mol. The predicted molar refractivity (Wildman–Crippen MR) is 65.7 cm³/mol. The van der Waals surface area contributed by atoms with Gasteiger partial charge in [0.2, 0.25) is 0 Å². The van der Waals surface area contributed by atoms with Crippen LogP contribution in [0.4, 0.5) is 0 Å². The molecule has 0 saturated heterocycles. The van der Waals surface area contributed by atoms with Gasteiger partial charge in [-0.15, -0.1) is 0 Å². The van der Waals surface area contributed by atoms with Crippen molar-refractivity contribution in [3.8, 4) is 0 Å². The van der Waals surface area contributed by atoms with Crippen molar-refractivity contribution in [3.05, 3.63) is 29.0 Å². The number of halogens is 1. The van der Waals surface area contributed by atoms with Crippen molar-refractivity contribution in [2.24, 2.45) is 5.41 Å². The molecule has 1 aromatic heterocycles. The van der Waals surface area contributed by atoms with Gasteiger partial charge < -0.3 is 5.32 Å². The maximum Gasteiger partial charge on any atom is 0.252 e. The highest BCUT2D eigenvalue weighted by Crippen LogP contribution is 2.17. The van der Waals surface area contributed by atoms with Gasteiger partial charge in [-0.25, -0.2) is 0 Å². The SMILES string of the molecule is CC(C)(C)CCNC(=O)c1ccncc1Cl. The number of carbonyl (C=O) groups is 1. The Morgan fingerprint density at radius 2 is 2.19 bits per heavy atom. The molecule has 1 aromatic rings. The average molecular weight is 241 g/mol. The van der Waals surface area contributed by atoms with Gasteiger partial charge in [0.15, 0.2) is 0 Å². The van der Waals surface area contributed by atoms with Gasteiger partial charge in [0.1, 0.15) is 0 Å². The number of hydrogen-bond donors (Lipinski definition) is 1. The summed E-state index contributed by atoms with van der Waals surface area (Å²) in [6.45, 7) is 7.07. The van der Waals surface area contributed by atoms with Crippen LogP contribution in [0.25, 0.3) is 0 Å². The Bertz CT molecular complexity index is 372. The van der Waals surface area contributed by atoms with Crippen molar-refractivity contribution in [1.29, 1.82) is 0 Å². The van der Waals surface area contributed by atoms with Gasteiger partial charge in [0, 0.05) is 18.9 Å². The van der Waals surface area contributed by atoms with Crippen LogP contribution >= 0.6 is 11.6 Å². The van der Waals surface area contributed by atoms with Gasteiger partial charge in [-0.05, 0) is 17.9 Å². The van der Waals surface area contributed by atoms with Gasteiger partial charge in [0.25, 0.3) is 5.91 Å². The van der Waals surface area contributed by atoms with E-state index in [1.54, 1.807) is 12.3 Å². The summed E-state index contributed by atoms with van der Waals surface area (Å²) < 4.78 is 0. The number of hydrogen-bond acceptors (Lipinski definition) is 2. The Kier molecular flexibility index (Phi) is 4.30. The first kappa shape index (κ1) is 13.0. The molecule has 1 heterocycles. The van der Waals surface area contributed by atoms with Gasteiger partial charge in [-0.1, -0.05) is 32.4 Å². The third-order valence-electron chi connectivity index (χ3n) is 2.18.